The first-order valence-corrected chi connectivity index (χ1v) is 9.33. The summed E-state index contributed by atoms with van der Waals surface area (Å²) in [6.45, 7) is 1.78. The number of halogens is 1. The molecule has 0 aliphatic rings. The maximum Gasteiger partial charge on any atom is 0.271 e. The number of hydrogen-bond donors (Lipinski definition) is 1. The highest BCUT2D eigenvalue weighted by molar-refractivity contribution is 7.15. The van der Waals surface area contributed by atoms with Crippen LogP contribution in [0.1, 0.15) is 33.5 Å². The molecule has 142 valence electrons. The van der Waals surface area contributed by atoms with Gasteiger partial charge in [-0.3, -0.25) is 14.0 Å². The largest absolute Gasteiger partial charge is 0.338 e. The van der Waals surface area contributed by atoms with Crippen LogP contribution in [0.3, 0.4) is 0 Å². The number of benzene rings is 1. The molecule has 1 aromatic carbocycles. The zero-order valence-corrected chi connectivity index (χ0v) is 15.9. The highest BCUT2D eigenvalue weighted by Gasteiger charge is 2.24. The number of nitrogens with zero attached hydrogens (tertiary/aromatic N) is 4. The summed E-state index contributed by atoms with van der Waals surface area (Å²) in [5.74, 6) is -0.398. The predicted molar refractivity (Wildman–Crippen MR) is 103 cm³/mol. The lowest BCUT2D eigenvalue weighted by Gasteiger charge is -2.19. The number of hydrogen-bond acceptors (Lipinski definition) is 5. The summed E-state index contributed by atoms with van der Waals surface area (Å²) >= 11 is 1.33. The molecule has 3 aromatic heterocycles. The Bertz CT molecular complexity index is 1230. The van der Waals surface area contributed by atoms with Crippen molar-refractivity contribution in [2.75, 3.05) is 0 Å². The second-order valence-corrected chi connectivity index (χ2v) is 7.16. The van der Waals surface area contributed by atoms with Crippen molar-refractivity contribution >= 4 is 22.2 Å². The number of thiazole rings is 1. The van der Waals surface area contributed by atoms with E-state index in [0.717, 1.165) is 0 Å². The van der Waals surface area contributed by atoms with Crippen LogP contribution in [0, 0.1) is 12.7 Å². The van der Waals surface area contributed by atoms with E-state index in [4.69, 9.17) is 0 Å². The smallest absolute Gasteiger partial charge is 0.271 e. The van der Waals surface area contributed by atoms with Crippen molar-refractivity contribution in [2.45, 2.75) is 13.0 Å². The number of carbonyl (C=O) groups is 1. The number of aromatic nitrogens is 4. The Morgan fingerprint density at radius 3 is 2.68 bits per heavy atom. The lowest BCUT2D eigenvalue weighted by atomic mass is 10.1. The molecule has 3 heterocycles. The van der Waals surface area contributed by atoms with Crippen LogP contribution in [-0.4, -0.2) is 24.8 Å². The van der Waals surface area contributed by atoms with Gasteiger partial charge in [-0.15, -0.1) is 11.3 Å². The van der Waals surface area contributed by atoms with Crippen molar-refractivity contribution in [3.8, 4) is 0 Å². The maximum atomic E-state index is 13.3. The Morgan fingerprint density at radius 2 is 2.00 bits per heavy atom. The van der Waals surface area contributed by atoms with Gasteiger partial charge in [0.1, 0.15) is 23.2 Å². The molecule has 7 nitrogen and oxygen atoms in total. The average Bonchev–Trinajstić information content (AvgIpc) is 3.27. The fourth-order valence-electron chi connectivity index (χ4n) is 3.00. The van der Waals surface area contributed by atoms with E-state index in [1.807, 2.05) is 0 Å². The highest BCUT2D eigenvalue weighted by atomic mass is 32.1. The molecule has 1 N–H and O–H groups in total. The molecule has 4 rings (SSSR count). The minimum Gasteiger partial charge on any atom is -0.338 e. The van der Waals surface area contributed by atoms with E-state index in [-0.39, 0.29) is 11.4 Å². The standard InChI is InChI=1S/C19H16FN5O2S/c1-11-10-28-19-22-9-14(18(27)25(11)19)17(26)23-15(16-21-7-8-24(16)2)12-3-5-13(20)6-4-12/h3-10,15H,1-2H3,(H,23,26)/t15-/m1/s1. The number of fused-ring (bicyclic) bond motifs is 1. The second-order valence-electron chi connectivity index (χ2n) is 6.33. The van der Waals surface area contributed by atoms with E-state index < -0.39 is 17.5 Å². The van der Waals surface area contributed by atoms with Crippen molar-refractivity contribution < 1.29 is 9.18 Å². The van der Waals surface area contributed by atoms with E-state index in [9.17, 15) is 14.0 Å². The molecular formula is C19H16FN5O2S. The number of nitrogens with one attached hydrogen (secondary N) is 1. The Kier molecular flexibility index (Phi) is 4.52. The van der Waals surface area contributed by atoms with Crippen LogP contribution in [-0.2, 0) is 7.05 Å². The predicted octanol–water partition coefficient (Wildman–Crippen LogP) is 2.46. The first-order chi connectivity index (χ1) is 13.5. The van der Waals surface area contributed by atoms with Crippen LogP contribution in [0.5, 0.6) is 0 Å². The molecule has 0 spiro atoms. The second kappa shape index (κ2) is 7.01. The summed E-state index contributed by atoms with van der Waals surface area (Å²) in [4.78, 5) is 34.7. The van der Waals surface area contributed by atoms with Crippen molar-refractivity contribution in [1.29, 1.82) is 0 Å². The van der Waals surface area contributed by atoms with Crippen LogP contribution < -0.4 is 10.9 Å². The molecule has 0 radical (unpaired) electrons. The van der Waals surface area contributed by atoms with Gasteiger partial charge in [0.25, 0.3) is 11.5 Å². The minimum atomic E-state index is -0.656. The fraction of sp³-hybridized carbons (Fsp3) is 0.158. The average molecular weight is 397 g/mol. The molecule has 0 unspecified atom stereocenters. The number of aryl methyl sites for hydroxylation is 2. The quantitative estimate of drug-likeness (QED) is 0.574. The van der Waals surface area contributed by atoms with Gasteiger partial charge in [0.15, 0.2) is 4.96 Å². The van der Waals surface area contributed by atoms with Crippen LogP contribution in [0.2, 0.25) is 0 Å². The van der Waals surface area contributed by atoms with Crippen molar-refractivity contribution in [1.82, 2.24) is 24.3 Å². The molecule has 0 bridgehead atoms. The molecule has 0 aliphatic carbocycles. The molecule has 0 saturated carbocycles. The van der Waals surface area contributed by atoms with E-state index in [1.165, 1.54) is 34.1 Å². The van der Waals surface area contributed by atoms with Gasteiger partial charge in [0.05, 0.1) is 0 Å². The van der Waals surface area contributed by atoms with E-state index in [2.05, 4.69) is 15.3 Å². The number of rotatable bonds is 4. The lowest BCUT2D eigenvalue weighted by Crippen LogP contribution is -2.35. The highest BCUT2D eigenvalue weighted by Crippen LogP contribution is 2.21. The summed E-state index contributed by atoms with van der Waals surface area (Å²) in [5, 5.41) is 4.64. The normalized spacial score (nSPS) is 12.2. The Morgan fingerprint density at radius 1 is 1.25 bits per heavy atom. The van der Waals surface area contributed by atoms with Gasteiger partial charge < -0.3 is 9.88 Å². The first kappa shape index (κ1) is 18.1. The molecule has 0 fully saturated rings. The molecule has 9 heteroatoms. The number of amides is 1. The zero-order chi connectivity index (χ0) is 19.8. The Balaban J connectivity index is 1.75. The van der Waals surface area contributed by atoms with Crippen LogP contribution in [0.4, 0.5) is 4.39 Å². The third kappa shape index (κ3) is 3.09. The van der Waals surface area contributed by atoms with Gasteiger partial charge in [-0.2, -0.15) is 0 Å². The van der Waals surface area contributed by atoms with Gasteiger partial charge in [-0.1, -0.05) is 12.1 Å². The topological polar surface area (TPSA) is 81.3 Å². The molecule has 0 aliphatic heterocycles. The molecule has 1 amide bonds. The molecule has 1 atom stereocenters. The Hall–Kier alpha value is -3.33. The van der Waals surface area contributed by atoms with Gasteiger partial charge >= 0.3 is 0 Å². The molecule has 28 heavy (non-hydrogen) atoms. The van der Waals surface area contributed by atoms with Crippen molar-refractivity contribution in [3.05, 3.63) is 87.1 Å². The third-order valence-electron chi connectivity index (χ3n) is 4.46. The zero-order valence-electron chi connectivity index (χ0n) is 15.1. The van der Waals surface area contributed by atoms with Gasteiger partial charge in [0.2, 0.25) is 0 Å². The minimum absolute atomic E-state index is 0.0691. The lowest BCUT2D eigenvalue weighted by molar-refractivity contribution is 0.0939. The monoisotopic (exact) mass is 397 g/mol. The summed E-state index contributed by atoms with van der Waals surface area (Å²) in [7, 11) is 1.79. The molecular weight excluding hydrogens is 381 g/mol. The molecule has 0 saturated heterocycles. The summed E-state index contributed by atoms with van der Waals surface area (Å²) < 4.78 is 16.5. The molecule has 4 aromatic rings. The summed E-state index contributed by atoms with van der Waals surface area (Å²) in [6.07, 6.45) is 4.63. The van der Waals surface area contributed by atoms with Crippen LogP contribution in [0.25, 0.3) is 4.96 Å². The number of carbonyl (C=O) groups excluding carboxylic acids is 1. The maximum absolute atomic E-state index is 13.3. The Labute approximate surface area is 163 Å². The first-order valence-electron chi connectivity index (χ1n) is 8.45. The number of imidazole rings is 1. The van der Waals surface area contributed by atoms with E-state index >= 15 is 0 Å². The third-order valence-corrected chi connectivity index (χ3v) is 5.41. The van der Waals surface area contributed by atoms with E-state index in [1.54, 1.807) is 48.4 Å². The van der Waals surface area contributed by atoms with Gasteiger partial charge in [-0.25, -0.2) is 14.4 Å². The summed E-state index contributed by atoms with van der Waals surface area (Å²) in [5.41, 5.74) is 0.857. The SMILES string of the molecule is Cc1csc2ncc(C(=O)N[C@H](c3ccc(F)cc3)c3nccn3C)c(=O)n12. The van der Waals surface area contributed by atoms with Crippen LogP contribution >= 0.6 is 11.3 Å². The van der Waals surface area contributed by atoms with Crippen molar-refractivity contribution in [2.24, 2.45) is 7.05 Å². The fourth-order valence-corrected chi connectivity index (χ4v) is 3.82. The van der Waals surface area contributed by atoms with Gasteiger partial charge in [0, 0.05) is 36.7 Å². The summed E-state index contributed by atoms with van der Waals surface area (Å²) in [6, 6.07) is 5.12. The van der Waals surface area contributed by atoms with E-state index in [0.29, 0.717) is 22.0 Å². The van der Waals surface area contributed by atoms with Gasteiger partial charge in [-0.05, 0) is 24.6 Å². The van der Waals surface area contributed by atoms with Crippen molar-refractivity contribution in [3.63, 3.8) is 0 Å². The van der Waals surface area contributed by atoms with Crippen LogP contribution in [0.15, 0.2) is 53.0 Å².